The monoisotopic (exact) mass is 533 g/mol. The number of nitrogens with one attached hydrogen (secondary N) is 2. The van der Waals surface area contributed by atoms with Gasteiger partial charge in [-0.3, -0.25) is 9.52 Å². The maximum atomic E-state index is 14.7. The third kappa shape index (κ3) is 4.43. The number of aryl methyl sites for hydroxylation is 1. The standard InChI is InChI=1S/C20H19Cl2F2N5O4S/c1-28-9-25-12-5-6-13(17(21)16(12)20(28)30)26-19-10(23)3-4-14(18(19)22)27-34(31,32)29-7-11(24)15(8-29)33-2/h3-6,9,11,15,26-27H,7-8H2,1-2H3/t11-,15+/m0/s1. The fraction of sp³-hybridized carbons (Fsp3) is 0.300. The number of alkyl halides is 1. The van der Waals surface area contributed by atoms with Gasteiger partial charge < -0.3 is 14.6 Å². The minimum atomic E-state index is -4.21. The second-order valence-electron chi connectivity index (χ2n) is 7.61. The molecule has 0 spiro atoms. The second-order valence-corrected chi connectivity index (χ2v) is 10.0. The molecule has 1 aliphatic heterocycles. The molecule has 1 aromatic heterocycles. The van der Waals surface area contributed by atoms with Crippen LogP contribution in [0.5, 0.6) is 0 Å². The number of benzene rings is 2. The Morgan fingerprint density at radius 3 is 2.53 bits per heavy atom. The highest BCUT2D eigenvalue weighted by molar-refractivity contribution is 7.90. The van der Waals surface area contributed by atoms with E-state index in [4.69, 9.17) is 27.9 Å². The third-order valence-corrected chi connectivity index (χ3v) is 7.66. The van der Waals surface area contributed by atoms with Crippen molar-refractivity contribution < 1.29 is 21.9 Å². The van der Waals surface area contributed by atoms with Crippen molar-refractivity contribution in [3.8, 4) is 0 Å². The molecule has 0 unspecified atom stereocenters. The first-order chi connectivity index (χ1) is 16.0. The van der Waals surface area contributed by atoms with Gasteiger partial charge in [-0.25, -0.2) is 13.8 Å². The molecule has 0 amide bonds. The van der Waals surface area contributed by atoms with Gasteiger partial charge in [0.05, 0.1) is 44.3 Å². The Hall–Kier alpha value is -2.51. The summed E-state index contributed by atoms with van der Waals surface area (Å²) >= 11 is 12.7. The number of methoxy groups -OCH3 is 1. The van der Waals surface area contributed by atoms with Crippen LogP contribution in [0.4, 0.5) is 25.8 Å². The van der Waals surface area contributed by atoms with Crippen LogP contribution in [0, 0.1) is 5.82 Å². The van der Waals surface area contributed by atoms with Crippen LogP contribution in [0.15, 0.2) is 35.4 Å². The average molecular weight is 534 g/mol. The van der Waals surface area contributed by atoms with E-state index in [1.165, 1.54) is 37.2 Å². The van der Waals surface area contributed by atoms with Crippen LogP contribution in [0.3, 0.4) is 0 Å². The third-order valence-electron chi connectivity index (χ3n) is 5.42. The summed E-state index contributed by atoms with van der Waals surface area (Å²) in [5, 5.41) is 2.54. The number of hydrogen-bond acceptors (Lipinski definition) is 6. The van der Waals surface area contributed by atoms with Crippen molar-refractivity contribution in [2.45, 2.75) is 12.3 Å². The summed E-state index contributed by atoms with van der Waals surface area (Å²) in [5.74, 6) is -0.798. The summed E-state index contributed by atoms with van der Waals surface area (Å²) in [6.07, 6.45) is -1.03. The quantitative estimate of drug-likeness (QED) is 0.502. The second kappa shape index (κ2) is 9.27. The molecule has 0 bridgehead atoms. The summed E-state index contributed by atoms with van der Waals surface area (Å²) in [6.45, 7) is -0.583. The number of anilines is 3. The lowest BCUT2D eigenvalue weighted by Gasteiger charge is -2.19. The van der Waals surface area contributed by atoms with Gasteiger partial charge in [0.25, 0.3) is 5.56 Å². The van der Waals surface area contributed by atoms with Crippen LogP contribution in [-0.2, 0) is 22.0 Å². The van der Waals surface area contributed by atoms with Crippen molar-refractivity contribution in [1.82, 2.24) is 13.9 Å². The molecule has 2 heterocycles. The summed E-state index contributed by atoms with van der Waals surface area (Å²) in [5.41, 5.74) is -0.321. The van der Waals surface area contributed by atoms with Gasteiger partial charge in [0, 0.05) is 27.2 Å². The van der Waals surface area contributed by atoms with E-state index in [-0.39, 0.29) is 39.0 Å². The van der Waals surface area contributed by atoms with Gasteiger partial charge >= 0.3 is 10.2 Å². The highest BCUT2D eigenvalue weighted by atomic mass is 35.5. The van der Waals surface area contributed by atoms with Crippen LogP contribution >= 0.6 is 23.2 Å². The minimum Gasteiger partial charge on any atom is -0.377 e. The van der Waals surface area contributed by atoms with E-state index in [0.717, 1.165) is 16.4 Å². The lowest BCUT2D eigenvalue weighted by atomic mass is 10.2. The van der Waals surface area contributed by atoms with Crippen molar-refractivity contribution in [3.63, 3.8) is 0 Å². The van der Waals surface area contributed by atoms with Gasteiger partial charge in [-0.2, -0.15) is 12.7 Å². The maximum absolute atomic E-state index is 14.7. The first-order valence-corrected chi connectivity index (χ1v) is 12.1. The maximum Gasteiger partial charge on any atom is 0.301 e. The molecule has 1 aliphatic rings. The zero-order chi connectivity index (χ0) is 24.8. The molecule has 4 rings (SSSR count). The first kappa shape index (κ1) is 24.6. The van der Waals surface area contributed by atoms with Crippen LogP contribution in [-0.4, -0.2) is 54.7 Å². The van der Waals surface area contributed by atoms with Crippen molar-refractivity contribution in [2.24, 2.45) is 7.05 Å². The largest absolute Gasteiger partial charge is 0.377 e. The van der Waals surface area contributed by atoms with Gasteiger partial charge in [0.15, 0.2) is 0 Å². The van der Waals surface area contributed by atoms with Crippen LogP contribution in [0.1, 0.15) is 0 Å². The first-order valence-electron chi connectivity index (χ1n) is 9.87. The molecule has 0 saturated carbocycles. The Morgan fingerprint density at radius 1 is 1.15 bits per heavy atom. The van der Waals surface area contributed by atoms with Gasteiger partial charge in [-0.1, -0.05) is 23.2 Å². The Labute approximate surface area is 203 Å². The Morgan fingerprint density at radius 2 is 1.85 bits per heavy atom. The average Bonchev–Trinajstić information content (AvgIpc) is 3.18. The van der Waals surface area contributed by atoms with Crippen molar-refractivity contribution in [3.05, 3.63) is 56.8 Å². The molecule has 2 N–H and O–H groups in total. The molecule has 3 aromatic rings. The van der Waals surface area contributed by atoms with E-state index < -0.39 is 40.4 Å². The van der Waals surface area contributed by atoms with E-state index in [2.05, 4.69) is 15.0 Å². The highest BCUT2D eigenvalue weighted by Gasteiger charge is 2.39. The predicted molar refractivity (Wildman–Crippen MR) is 126 cm³/mol. The number of aromatic nitrogens is 2. The summed E-state index contributed by atoms with van der Waals surface area (Å²) < 4.78 is 63.4. The fourth-order valence-electron chi connectivity index (χ4n) is 3.56. The SMILES string of the molecule is CO[C@@H]1CN(S(=O)(=O)Nc2ccc(F)c(Nc3ccc4ncn(C)c(=O)c4c3Cl)c2Cl)C[C@@H]1F. The molecule has 2 atom stereocenters. The summed E-state index contributed by atoms with van der Waals surface area (Å²) in [7, 11) is -1.41. The molecular weight excluding hydrogens is 515 g/mol. The van der Waals surface area contributed by atoms with Crippen molar-refractivity contribution in [2.75, 3.05) is 30.2 Å². The Kier molecular flexibility index (Phi) is 6.71. The number of rotatable bonds is 6. The van der Waals surface area contributed by atoms with Gasteiger partial charge in [0.1, 0.15) is 18.1 Å². The van der Waals surface area contributed by atoms with Crippen LogP contribution in [0.2, 0.25) is 10.0 Å². The zero-order valence-electron chi connectivity index (χ0n) is 17.9. The van der Waals surface area contributed by atoms with Gasteiger partial charge in [-0.05, 0) is 24.3 Å². The number of ether oxygens (including phenoxy) is 1. The lowest BCUT2D eigenvalue weighted by Crippen LogP contribution is -2.35. The van der Waals surface area contributed by atoms with Crippen LogP contribution < -0.4 is 15.6 Å². The zero-order valence-corrected chi connectivity index (χ0v) is 20.2. The smallest absolute Gasteiger partial charge is 0.301 e. The summed E-state index contributed by atoms with van der Waals surface area (Å²) in [4.78, 5) is 16.6. The van der Waals surface area contributed by atoms with E-state index in [0.29, 0.717) is 5.52 Å². The van der Waals surface area contributed by atoms with Crippen molar-refractivity contribution in [1.29, 1.82) is 0 Å². The van der Waals surface area contributed by atoms with Gasteiger partial charge in [-0.15, -0.1) is 0 Å². The van der Waals surface area contributed by atoms with E-state index in [1.54, 1.807) is 0 Å². The Balaban J connectivity index is 1.67. The molecule has 9 nitrogen and oxygen atoms in total. The normalized spacial score (nSPS) is 19.0. The number of hydrogen-bond donors (Lipinski definition) is 2. The molecular formula is C20H19Cl2F2N5O4S. The summed E-state index contributed by atoms with van der Waals surface area (Å²) in [6, 6.07) is 5.15. The molecule has 0 aliphatic carbocycles. The molecule has 182 valence electrons. The number of nitrogens with zero attached hydrogens (tertiary/aromatic N) is 3. The molecule has 14 heteroatoms. The minimum absolute atomic E-state index is 0.00990. The van der Waals surface area contributed by atoms with Gasteiger partial charge in [0.2, 0.25) is 0 Å². The molecule has 1 saturated heterocycles. The van der Waals surface area contributed by atoms with E-state index in [1.807, 2.05) is 0 Å². The molecule has 34 heavy (non-hydrogen) atoms. The topological polar surface area (TPSA) is 106 Å². The van der Waals surface area contributed by atoms with Crippen LogP contribution in [0.25, 0.3) is 10.9 Å². The molecule has 1 fully saturated rings. The lowest BCUT2D eigenvalue weighted by molar-refractivity contribution is 0.0637. The Bertz CT molecular complexity index is 1440. The number of halogens is 4. The molecule has 0 radical (unpaired) electrons. The fourth-order valence-corrected chi connectivity index (χ4v) is 5.41. The number of fused-ring (bicyclic) bond motifs is 1. The molecule has 2 aromatic carbocycles. The predicted octanol–water partition coefficient (Wildman–Crippen LogP) is 3.45. The van der Waals surface area contributed by atoms with E-state index in [9.17, 15) is 22.0 Å². The van der Waals surface area contributed by atoms with E-state index >= 15 is 0 Å². The van der Waals surface area contributed by atoms with Crippen molar-refractivity contribution >= 4 is 61.4 Å². The highest BCUT2D eigenvalue weighted by Crippen LogP contribution is 2.38.